The molecule has 0 radical (unpaired) electrons. The summed E-state index contributed by atoms with van der Waals surface area (Å²) in [6.07, 6.45) is 0. The van der Waals surface area contributed by atoms with Gasteiger partial charge < -0.3 is 10.2 Å². The summed E-state index contributed by atoms with van der Waals surface area (Å²) < 4.78 is 27.4. The summed E-state index contributed by atoms with van der Waals surface area (Å²) in [5.74, 6) is 0.372. The highest BCUT2D eigenvalue weighted by atomic mass is 127. The number of fused-ring (bicyclic) bond motifs is 2. The van der Waals surface area contributed by atoms with Crippen molar-refractivity contribution in [3.63, 3.8) is 0 Å². The number of rotatable bonds is 0. The van der Waals surface area contributed by atoms with Gasteiger partial charge in [-0.1, -0.05) is 11.6 Å². The number of benzene rings is 1. The number of aromatic nitrogens is 2. The highest BCUT2D eigenvalue weighted by Crippen LogP contribution is 2.41. The average molecular weight is 481 g/mol. The van der Waals surface area contributed by atoms with Crippen molar-refractivity contribution in [3.8, 4) is 0 Å². The first kappa shape index (κ1) is 16.6. The largest absolute Gasteiger partial charge is 0.359 e. The van der Waals surface area contributed by atoms with Crippen LogP contribution in [0.25, 0.3) is 10.9 Å². The Kier molecular flexibility index (Phi) is 3.83. The molecule has 0 bridgehead atoms. The molecule has 24 heavy (non-hydrogen) atoms. The summed E-state index contributed by atoms with van der Waals surface area (Å²) in [5, 5.41) is 3.87. The summed E-state index contributed by atoms with van der Waals surface area (Å²) in [6.45, 7) is 3.58. The van der Waals surface area contributed by atoms with Crippen molar-refractivity contribution in [1.82, 2.24) is 13.1 Å². The molecule has 1 N–H and O–H groups in total. The second kappa shape index (κ2) is 5.55. The maximum atomic E-state index is 13.0. The third-order valence-corrected chi connectivity index (χ3v) is 7.92. The van der Waals surface area contributed by atoms with Crippen molar-refractivity contribution in [1.29, 1.82) is 0 Å². The summed E-state index contributed by atoms with van der Waals surface area (Å²) in [5.41, 5.74) is 0.746. The molecule has 1 fully saturated rings. The molecule has 1 unspecified atom stereocenters. The third kappa shape index (κ3) is 2.28. The van der Waals surface area contributed by atoms with E-state index in [-0.39, 0.29) is 21.7 Å². The predicted molar refractivity (Wildman–Crippen MR) is 101 cm³/mol. The molecule has 7 nitrogen and oxygen atoms in total. The molecule has 1 aromatic heterocycles. The van der Waals surface area contributed by atoms with Crippen LogP contribution in [0.5, 0.6) is 0 Å². The Labute approximate surface area is 157 Å². The van der Waals surface area contributed by atoms with Crippen LogP contribution in [0.3, 0.4) is 0 Å². The van der Waals surface area contributed by atoms with Crippen molar-refractivity contribution in [3.05, 3.63) is 27.1 Å². The first-order valence-electron chi connectivity index (χ1n) is 7.43. The van der Waals surface area contributed by atoms with Crippen LogP contribution >= 0.6 is 34.5 Å². The van der Waals surface area contributed by atoms with Crippen LogP contribution in [0.2, 0.25) is 5.02 Å². The zero-order valence-corrected chi connectivity index (χ0v) is 16.4. The summed E-state index contributed by atoms with van der Waals surface area (Å²) in [6, 6.07) is 1.48. The minimum absolute atomic E-state index is 0.0515. The maximum absolute atomic E-state index is 13.0. The van der Waals surface area contributed by atoms with Gasteiger partial charge in [-0.2, -0.15) is 4.98 Å². The fourth-order valence-electron chi connectivity index (χ4n) is 3.44. The average Bonchev–Trinajstić information content (AvgIpc) is 2.62. The van der Waals surface area contributed by atoms with Crippen LogP contribution in [-0.4, -0.2) is 47.6 Å². The minimum atomic E-state index is -3.61. The molecule has 0 aliphatic carbocycles. The lowest BCUT2D eigenvalue weighted by Gasteiger charge is -2.35. The molecule has 1 atom stereocenters. The van der Waals surface area contributed by atoms with E-state index < -0.39 is 15.5 Å². The molecule has 1 saturated heterocycles. The maximum Gasteiger partial charge on any atom is 0.359 e. The number of halogens is 2. The number of piperazine rings is 1. The number of hydrogen-bond acceptors (Lipinski definition) is 6. The molecule has 0 amide bonds. The fourth-order valence-corrected chi connectivity index (χ4v) is 6.34. The van der Waals surface area contributed by atoms with Gasteiger partial charge in [0.25, 0.3) is 0 Å². The lowest BCUT2D eigenvalue weighted by atomic mass is 10.1. The zero-order chi connectivity index (χ0) is 17.2. The summed E-state index contributed by atoms with van der Waals surface area (Å²) >= 11 is 8.24. The van der Waals surface area contributed by atoms with Crippen LogP contribution in [0.15, 0.2) is 15.8 Å². The van der Waals surface area contributed by atoms with Crippen molar-refractivity contribution in [2.24, 2.45) is 0 Å². The van der Waals surface area contributed by atoms with Gasteiger partial charge >= 0.3 is 5.69 Å². The minimum Gasteiger partial charge on any atom is -0.349 e. The Balaban J connectivity index is 2.24. The smallest absolute Gasteiger partial charge is 0.349 e. The van der Waals surface area contributed by atoms with E-state index in [1.807, 2.05) is 27.8 Å². The van der Waals surface area contributed by atoms with Gasteiger partial charge in [0.2, 0.25) is 0 Å². The number of aryl methyl sites for hydroxylation is 1. The number of sulfone groups is 1. The third-order valence-electron chi connectivity index (χ3n) is 4.53. The Morgan fingerprint density at radius 3 is 2.96 bits per heavy atom. The van der Waals surface area contributed by atoms with Gasteiger partial charge in [-0.25, -0.2) is 16.0 Å². The Morgan fingerprint density at radius 1 is 1.46 bits per heavy atom. The predicted octanol–water partition coefficient (Wildman–Crippen LogP) is 1.12. The standard InChI is InChI=1S/C14H14ClIN4O3S/c1-7-4-9-10-12(11(7)15)24(22,23)6-8-5-17-2-3-19(8)13(10)18-14(21)20(9)16/h4,8,17H,2-3,5-6H2,1H3. The fraction of sp³-hybridized carbons (Fsp3) is 0.429. The van der Waals surface area contributed by atoms with Crippen LogP contribution in [0.4, 0.5) is 5.82 Å². The first-order valence-corrected chi connectivity index (χ1v) is 10.4. The van der Waals surface area contributed by atoms with Crippen LogP contribution < -0.4 is 15.9 Å². The van der Waals surface area contributed by atoms with E-state index in [0.29, 0.717) is 41.9 Å². The quantitative estimate of drug-likeness (QED) is 0.569. The molecule has 0 spiro atoms. The zero-order valence-electron chi connectivity index (χ0n) is 12.7. The van der Waals surface area contributed by atoms with E-state index in [1.54, 1.807) is 13.0 Å². The van der Waals surface area contributed by atoms with Crippen LogP contribution in [0, 0.1) is 6.92 Å². The van der Waals surface area contributed by atoms with Gasteiger partial charge in [0.05, 0.1) is 55.5 Å². The van der Waals surface area contributed by atoms with Gasteiger partial charge in [0.1, 0.15) is 5.82 Å². The van der Waals surface area contributed by atoms with Crippen molar-refractivity contribution in [2.75, 3.05) is 30.3 Å². The summed E-state index contributed by atoms with van der Waals surface area (Å²) in [4.78, 5) is 18.5. The van der Waals surface area contributed by atoms with E-state index in [1.165, 1.54) is 2.78 Å². The SMILES string of the molecule is Cc1cc2c3c(nc(=O)n2I)N2CCNCC2CS(=O)(=O)c3c1Cl. The van der Waals surface area contributed by atoms with Crippen molar-refractivity contribution in [2.45, 2.75) is 17.9 Å². The Hall–Kier alpha value is -0.910. The molecular formula is C14H14ClIN4O3S. The van der Waals surface area contributed by atoms with Crippen molar-refractivity contribution < 1.29 is 8.42 Å². The number of nitrogens with zero attached hydrogens (tertiary/aromatic N) is 3. The second-order valence-electron chi connectivity index (χ2n) is 6.06. The molecule has 2 aliphatic heterocycles. The molecule has 10 heteroatoms. The molecule has 3 heterocycles. The highest BCUT2D eigenvalue weighted by molar-refractivity contribution is 14.1. The van der Waals surface area contributed by atoms with Gasteiger partial charge in [-0.3, -0.25) is 0 Å². The lowest BCUT2D eigenvalue weighted by Crippen LogP contribution is -2.54. The van der Waals surface area contributed by atoms with E-state index in [0.717, 1.165) is 0 Å². The van der Waals surface area contributed by atoms with Gasteiger partial charge in [-0.15, -0.1) is 0 Å². The second-order valence-corrected chi connectivity index (χ2v) is 9.38. The van der Waals surface area contributed by atoms with E-state index in [2.05, 4.69) is 10.3 Å². The van der Waals surface area contributed by atoms with Gasteiger partial charge in [-0.05, 0) is 18.6 Å². The molecular weight excluding hydrogens is 467 g/mol. The van der Waals surface area contributed by atoms with Gasteiger partial charge in [0.15, 0.2) is 9.84 Å². The number of anilines is 1. The number of hydrogen-bond donors (Lipinski definition) is 1. The number of nitrogens with one attached hydrogen (secondary N) is 1. The normalized spacial score (nSPS) is 22.3. The van der Waals surface area contributed by atoms with E-state index >= 15 is 0 Å². The van der Waals surface area contributed by atoms with Crippen LogP contribution in [0.1, 0.15) is 5.56 Å². The lowest BCUT2D eigenvalue weighted by molar-refractivity contribution is 0.494. The van der Waals surface area contributed by atoms with Crippen LogP contribution in [-0.2, 0) is 9.84 Å². The molecule has 1 aromatic carbocycles. The topological polar surface area (TPSA) is 84.3 Å². The highest BCUT2D eigenvalue weighted by Gasteiger charge is 2.38. The molecule has 2 aliphatic rings. The Bertz CT molecular complexity index is 1040. The van der Waals surface area contributed by atoms with Gasteiger partial charge in [0, 0.05) is 19.6 Å². The van der Waals surface area contributed by atoms with E-state index in [4.69, 9.17) is 11.6 Å². The Morgan fingerprint density at radius 2 is 2.21 bits per heavy atom. The molecule has 2 aromatic rings. The summed E-state index contributed by atoms with van der Waals surface area (Å²) in [7, 11) is -3.61. The van der Waals surface area contributed by atoms with E-state index in [9.17, 15) is 13.2 Å². The first-order chi connectivity index (χ1) is 11.3. The monoisotopic (exact) mass is 480 g/mol. The molecule has 0 saturated carbocycles. The molecule has 128 valence electrons. The van der Waals surface area contributed by atoms with Crippen molar-refractivity contribution >= 4 is 61.0 Å². The molecule has 4 rings (SSSR count).